The number of nitrogens with one attached hydrogen (secondary N) is 1. The summed E-state index contributed by atoms with van der Waals surface area (Å²) < 4.78 is 29.6. The number of halogens is 2. The molecule has 3 rings (SSSR count). The van der Waals surface area contributed by atoms with E-state index in [9.17, 15) is 19.3 Å². The van der Waals surface area contributed by atoms with E-state index in [4.69, 9.17) is 14.2 Å². The van der Waals surface area contributed by atoms with E-state index in [2.05, 4.69) is 21.2 Å². The van der Waals surface area contributed by atoms with Crippen LogP contribution in [0.1, 0.15) is 6.42 Å². The molecular formula is C17H14BrFN2O6. The average Bonchev–Trinajstić information content (AvgIpc) is 2.85. The number of anilines is 1. The van der Waals surface area contributed by atoms with Crippen LogP contribution in [0.4, 0.5) is 15.8 Å². The highest BCUT2D eigenvalue weighted by molar-refractivity contribution is 9.10. The number of hydrogen-bond donors (Lipinski definition) is 1. The minimum absolute atomic E-state index is 0.0315. The normalized spacial score (nSPS) is 12.8. The molecule has 8 nitrogen and oxygen atoms in total. The molecule has 1 aliphatic heterocycles. The molecular weight excluding hydrogens is 427 g/mol. The van der Waals surface area contributed by atoms with Gasteiger partial charge in [0.15, 0.2) is 18.1 Å². The fourth-order valence-electron chi connectivity index (χ4n) is 2.37. The predicted molar refractivity (Wildman–Crippen MR) is 96.9 cm³/mol. The van der Waals surface area contributed by atoms with Gasteiger partial charge < -0.3 is 19.5 Å². The zero-order valence-corrected chi connectivity index (χ0v) is 15.5. The lowest BCUT2D eigenvalue weighted by molar-refractivity contribution is -0.384. The van der Waals surface area contributed by atoms with Crippen molar-refractivity contribution in [1.82, 2.24) is 0 Å². The summed E-state index contributed by atoms with van der Waals surface area (Å²) >= 11 is 3.13. The van der Waals surface area contributed by atoms with Gasteiger partial charge in [-0.15, -0.1) is 0 Å². The fraction of sp³-hybridized carbons (Fsp3) is 0.235. The highest BCUT2D eigenvalue weighted by Gasteiger charge is 2.23. The molecule has 2 aromatic rings. The second kappa shape index (κ2) is 8.21. The number of hydrogen-bond acceptors (Lipinski definition) is 6. The van der Waals surface area contributed by atoms with Gasteiger partial charge in [-0.2, -0.15) is 0 Å². The van der Waals surface area contributed by atoms with Crippen LogP contribution in [0.25, 0.3) is 0 Å². The lowest BCUT2D eigenvalue weighted by Crippen LogP contribution is -2.21. The van der Waals surface area contributed by atoms with Crippen molar-refractivity contribution in [3.05, 3.63) is 50.7 Å². The Kier molecular flexibility index (Phi) is 5.75. The van der Waals surface area contributed by atoms with E-state index >= 15 is 0 Å². The first kappa shape index (κ1) is 18.9. The van der Waals surface area contributed by atoms with Crippen LogP contribution in [0.15, 0.2) is 34.8 Å². The highest BCUT2D eigenvalue weighted by Crippen LogP contribution is 2.39. The van der Waals surface area contributed by atoms with Gasteiger partial charge in [-0.3, -0.25) is 14.9 Å². The number of nitro benzene ring substituents is 1. The number of nitro groups is 1. The molecule has 1 N–H and O–H groups in total. The summed E-state index contributed by atoms with van der Waals surface area (Å²) in [4.78, 5) is 22.8. The zero-order chi connectivity index (χ0) is 19.4. The highest BCUT2D eigenvalue weighted by atomic mass is 79.9. The summed E-state index contributed by atoms with van der Waals surface area (Å²) in [6.45, 7) is 0.367. The number of benzene rings is 2. The third-order valence-electron chi connectivity index (χ3n) is 3.59. The molecule has 1 aliphatic rings. The number of ether oxygens (including phenoxy) is 3. The summed E-state index contributed by atoms with van der Waals surface area (Å²) in [5, 5.41) is 13.7. The molecule has 0 spiro atoms. The van der Waals surface area contributed by atoms with Crippen LogP contribution in [0.2, 0.25) is 0 Å². The first-order valence-electron chi connectivity index (χ1n) is 7.90. The van der Waals surface area contributed by atoms with Crippen molar-refractivity contribution in [1.29, 1.82) is 0 Å². The quantitative estimate of drug-likeness (QED) is 0.562. The van der Waals surface area contributed by atoms with E-state index in [0.29, 0.717) is 29.9 Å². The van der Waals surface area contributed by atoms with Gasteiger partial charge in [-0.1, -0.05) is 0 Å². The monoisotopic (exact) mass is 440 g/mol. The van der Waals surface area contributed by atoms with Crippen LogP contribution in [0.5, 0.6) is 17.2 Å². The van der Waals surface area contributed by atoms with Crippen molar-refractivity contribution in [2.45, 2.75) is 6.42 Å². The minimum Gasteiger partial charge on any atom is -0.489 e. The van der Waals surface area contributed by atoms with Crippen LogP contribution in [-0.4, -0.2) is 30.7 Å². The third-order valence-corrected chi connectivity index (χ3v) is 4.21. The van der Waals surface area contributed by atoms with Gasteiger partial charge in [-0.05, 0) is 34.1 Å². The Bertz CT molecular complexity index is 892. The molecule has 0 bridgehead atoms. The largest absolute Gasteiger partial charge is 0.489 e. The summed E-state index contributed by atoms with van der Waals surface area (Å²) in [5.41, 5.74) is -0.355. The number of fused-ring (bicyclic) bond motifs is 1. The average molecular weight is 441 g/mol. The molecule has 0 saturated carbocycles. The van der Waals surface area contributed by atoms with E-state index in [1.807, 2.05) is 0 Å². The SMILES string of the molecule is O=C(COc1ccc(F)cc1Br)Nc1cc2c(cc1[N+](=O)[O-])OCCCO2. The van der Waals surface area contributed by atoms with Crippen LogP contribution >= 0.6 is 15.9 Å². The van der Waals surface area contributed by atoms with Crippen molar-refractivity contribution in [3.63, 3.8) is 0 Å². The van der Waals surface area contributed by atoms with Crippen LogP contribution in [0, 0.1) is 15.9 Å². The molecule has 27 heavy (non-hydrogen) atoms. The summed E-state index contributed by atoms with van der Waals surface area (Å²) in [6, 6.07) is 6.31. The van der Waals surface area contributed by atoms with Crippen LogP contribution in [-0.2, 0) is 4.79 Å². The Hall–Kier alpha value is -2.88. The van der Waals surface area contributed by atoms with Gasteiger partial charge in [0, 0.05) is 12.5 Å². The molecule has 0 fully saturated rings. The van der Waals surface area contributed by atoms with Gasteiger partial charge in [0.2, 0.25) is 0 Å². The maximum atomic E-state index is 13.1. The van der Waals surface area contributed by atoms with Crippen molar-refractivity contribution in [3.8, 4) is 17.2 Å². The first-order chi connectivity index (χ1) is 12.9. The van der Waals surface area contributed by atoms with Gasteiger partial charge in [-0.25, -0.2) is 4.39 Å². The lowest BCUT2D eigenvalue weighted by atomic mass is 10.2. The van der Waals surface area contributed by atoms with Crippen molar-refractivity contribution in [2.75, 3.05) is 25.1 Å². The molecule has 0 atom stereocenters. The lowest BCUT2D eigenvalue weighted by Gasteiger charge is -2.12. The topological polar surface area (TPSA) is 99.9 Å². The van der Waals surface area contributed by atoms with E-state index in [0.717, 1.165) is 0 Å². The Balaban J connectivity index is 1.74. The summed E-state index contributed by atoms with van der Waals surface area (Å²) in [6.07, 6.45) is 0.643. The Morgan fingerprint density at radius 1 is 1.26 bits per heavy atom. The van der Waals surface area contributed by atoms with E-state index in [1.165, 1.54) is 30.3 Å². The van der Waals surface area contributed by atoms with E-state index < -0.39 is 23.3 Å². The molecule has 1 amide bonds. The molecule has 0 aromatic heterocycles. The standard InChI is InChI=1S/C17H14BrFN2O6/c18-11-6-10(19)2-3-14(11)27-9-17(22)20-12-7-15-16(8-13(12)21(23)24)26-5-1-4-25-15/h2-3,6-8H,1,4-5,9H2,(H,20,22). The van der Waals surface area contributed by atoms with Gasteiger partial charge in [0.05, 0.1) is 28.7 Å². The molecule has 0 unspecified atom stereocenters. The van der Waals surface area contributed by atoms with Crippen LogP contribution in [0.3, 0.4) is 0 Å². The Labute approximate surface area is 161 Å². The van der Waals surface area contributed by atoms with Crippen molar-refractivity contribution in [2.24, 2.45) is 0 Å². The smallest absolute Gasteiger partial charge is 0.296 e. The summed E-state index contributed by atoms with van der Waals surface area (Å²) in [5.74, 6) is -0.246. The van der Waals surface area contributed by atoms with Crippen LogP contribution < -0.4 is 19.5 Å². The number of carbonyl (C=O) groups is 1. The molecule has 0 saturated heterocycles. The van der Waals surface area contributed by atoms with Crippen molar-refractivity contribution < 1.29 is 28.3 Å². The molecule has 10 heteroatoms. The molecule has 1 heterocycles. The van der Waals surface area contributed by atoms with E-state index in [-0.39, 0.29) is 22.9 Å². The van der Waals surface area contributed by atoms with Gasteiger partial charge >= 0.3 is 0 Å². The number of carbonyl (C=O) groups excluding carboxylic acids is 1. The maximum absolute atomic E-state index is 13.1. The first-order valence-corrected chi connectivity index (χ1v) is 8.69. The molecule has 0 radical (unpaired) electrons. The Morgan fingerprint density at radius 3 is 2.63 bits per heavy atom. The zero-order valence-electron chi connectivity index (χ0n) is 13.9. The second-order valence-corrected chi connectivity index (χ2v) is 6.39. The molecule has 142 valence electrons. The minimum atomic E-state index is -0.623. The third kappa shape index (κ3) is 4.64. The number of rotatable bonds is 5. The predicted octanol–water partition coefficient (Wildman–Crippen LogP) is 3.68. The second-order valence-electron chi connectivity index (χ2n) is 5.54. The number of nitrogens with zero attached hydrogens (tertiary/aromatic N) is 1. The molecule has 2 aromatic carbocycles. The van der Waals surface area contributed by atoms with Crippen molar-refractivity contribution >= 4 is 33.2 Å². The fourth-order valence-corrected chi connectivity index (χ4v) is 2.84. The van der Waals surface area contributed by atoms with Gasteiger partial charge in [0.25, 0.3) is 11.6 Å². The Morgan fingerprint density at radius 2 is 1.96 bits per heavy atom. The maximum Gasteiger partial charge on any atom is 0.296 e. The molecule has 0 aliphatic carbocycles. The van der Waals surface area contributed by atoms with E-state index in [1.54, 1.807) is 0 Å². The number of amides is 1. The van der Waals surface area contributed by atoms with Gasteiger partial charge in [0.1, 0.15) is 17.3 Å². The summed E-state index contributed by atoms with van der Waals surface area (Å²) in [7, 11) is 0.